The number of primary amides is 1. The maximum absolute atomic E-state index is 13.9. The molecule has 0 aliphatic heterocycles. The van der Waals surface area contributed by atoms with Crippen LogP contribution in [0.1, 0.15) is 15.9 Å². The number of nitrogens with zero attached hydrogens (tertiary/aromatic N) is 1. The molecule has 147 valence electrons. The Hall–Kier alpha value is -2.96. The minimum atomic E-state index is -0.484. The van der Waals surface area contributed by atoms with Crippen molar-refractivity contribution in [1.29, 1.82) is 0 Å². The number of nitrogens with two attached hydrogens (primary N) is 1. The standard InChI is InChI=1S/C24H15BrFN2OS/c25-19-9-7-16(26)11-15(19)13-28-20-4-1-3-18(24(27)29)23(20)17-8-6-14(12-21(17)28)22-5-2-10-30-22/h1-7,9-12H,13H2,(H2,27,29). The molecule has 2 N–H and O–H groups in total. The van der Waals surface area contributed by atoms with Crippen LogP contribution in [0.4, 0.5) is 4.39 Å². The largest absolute Gasteiger partial charge is 0.366 e. The molecule has 0 aliphatic carbocycles. The summed E-state index contributed by atoms with van der Waals surface area (Å²) in [6, 6.07) is 21.6. The Morgan fingerprint density at radius 2 is 2.00 bits per heavy atom. The summed E-state index contributed by atoms with van der Waals surface area (Å²) in [5.74, 6) is -0.778. The van der Waals surface area contributed by atoms with Gasteiger partial charge in [0.1, 0.15) is 5.82 Å². The van der Waals surface area contributed by atoms with Gasteiger partial charge in [-0.3, -0.25) is 4.79 Å². The molecule has 0 aliphatic rings. The van der Waals surface area contributed by atoms with Crippen molar-refractivity contribution >= 4 is 55.0 Å². The van der Waals surface area contributed by atoms with Crippen LogP contribution in [-0.2, 0) is 6.54 Å². The second-order valence-electron chi connectivity index (χ2n) is 7.01. The SMILES string of the molecule is NC(=O)c1cccc2c1c1[c]cc(-c3cccs3)cc1n2Cc1cc(F)ccc1Br. The normalized spacial score (nSPS) is 11.4. The van der Waals surface area contributed by atoms with E-state index >= 15 is 0 Å². The smallest absolute Gasteiger partial charge is 0.249 e. The Morgan fingerprint density at radius 1 is 1.13 bits per heavy atom. The van der Waals surface area contributed by atoms with Gasteiger partial charge < -0.3 is 10.3 Å². The number of hydrogen-bond donors (Lipinski definition) is 1. The quantitative estimate of drug-likeness (QED) is 0.321. The second kappa shape index (κ2) is 7.38. The summed E-state index contributed by atoms with van der Waals surface area (Å²) in [4.78, 5) is 13.3. The number of aromatic nitrogens is 1. The lowest BCUT2D eigenvalue weighted by Gasteiger charge is -2.11. The van der Waals surface area contributed by atoms with E-state index < -0.39 is 5.91 Å². The Bertz CT molecular complexity index is 1420. The number of thiophene rings is 1. The Morgan fingerprint density at radius 3 is 2.77 bits per heavy atom. The first-order valence-electron chi connectivity index (χ1n) is 9.27. The summed E-state index contributed by atoms with van der Waals surface area (Å²) in [6.07, 6.45) is 0. The van der Waals surface area contributed by atoms with Crippen molar-refractivity contribution in [3.63, 3.8) is 0 Å². The Balaban J connectivity index is 1.83. The highest BCUT2D eigenvalue weighted by Gasteiger charge is 2.18. The van der Waals surface area contributed by atoms with Gasteiger partial charge in [-0.15, -0.1) is 11.3 Å². The fourth-order valence-corrected chi connectivity index (χ4v) is 4.94. The number of fused-ring (bicyclic) bond motifs is 3. The van der Waals surface area contributed by atoms with Gasteiger partial charge in [0.25, 0.3) is 0 Å². The molecular weight excluding hydrogens is 463 g/mol. The van der Waals surface area contributed by atoms with E-state index in [1.165, 1.54) is 12.1 Å². The first-order chi connectivity index (χ1) is 14.5. The highest BCUT2D eigenvalue weighted by molar-refractivity contribution is 9.10. The van der Waals surface area contributed by atoms with Gasteiger partial charge in [0, 0.05) is 32.2 Å². The van der Waals surface area contributed by atoms with E-state index in [1.807, 2.05) is 29.6 Å². The van der Waals surface area contributed by atoms with Crippen molar-refractivity contribution in [2.45, 2.75) is 6.54 Å². The molecule has 0 saturated carbocycles. The first kappa shape index (κ1) is 19.0. The number of amides is 1. The zero-order valence-corrected chi connectivity index (χ0v) is 18.1. The van der Waals surface area contributed by atoms with Crippen LogP contribution in [-0.4, -0.2) is 10.5 Å². The number of benzene rings is 3. The third-order valence-electron chi connectivity index (χ3n) is 5.20. The van der Waals surface area contributed by atoms with Gasteiger partial charge in [-0.05, 0) is 71.1 Å². The third-order valence-corrected chi connectivity index (χ3v) is 6.89. The van der Waals surface area contributed by atoms with Gasteiger partial charge in [-0.1, -0.05) is 28.1 Å². The molecule has 5 aromatic rings. The number of halogens is 2. The van der Waals surface area contributed by atoms with Crippen LogP contribution < -0.4 is 5.73 Å². The molecule has 0 saturated heterocycles. The van der Waals surface area contributed by atoms with Crippen LogP contribution in [0.15, 0.2) is 70.5 Å². The van der Waals surface area contributed by atoms with Gasteiger partial charge in [0.15, 0.2) is 0 Å². The summed E-state index contributed by atoms with van der Waals surface area (Å²) in [5, 5.41) is 3.63. The van der Waals surface area contributed by atoms with Crippen LogP contribution >= 0.6 is 27.3 Å². The zero-order chi connectivity index (χ0) is 20.8. The fraction of sp³-hybridized carbons (Fsp3) is 0.0417. The molecule has 2 heterocycles. The fourth-order valence-electron chi connectivity index (χ4n) is 3.85. The van der Waals surface area contributed by atoms with Crippen molar-refractivity contribution in [3.05, 3.63) is 93.5 Å². The minimum absolute atomic E-state index is 0.294. The lowest BCUT2D eigenvalue weighted by Crippen LogP contribution is -2.11. The third kappa shape index (κ3) is 3.13. The van der Waals surface area contributed by atoms with Gasteiger partial charge in [-0.2, -0.15) is 0 Å². The molecular formula is C24H15BrFN2OS. The molecule has 0 unspecified atom stereocenters. The van der Waals surface area contributed by atoms with Crippen LogP contribution in [0.2, 0.25) is 0 Å². The second-order valence-corrected chi connectivity index (χ2v) is 8.81. The molecule has 0 bridgehead atoms. The molecule has 0 spiro atoms. The van der Waals surface area contributed by atoms with Crippen LogP contribution in [0.25, 0.3) is 32.2 Å². The van der Waals surface area contributed by atoms with E-state index in [0.717, 1.165) is 42.3 Å². The highest BCUT2D eigenvalue weighted by Crippen LogP contribution is 2.36. The first-order valence-corrected chi connectivity index (χ1v) is 10.9. The molecule has 3 nitrogen and oxygen atoms in total. The molecule has 0 fully saturated rings. The number of carbonyl (C=O) groups is 1. The van der Waals surface area contributed by atoms with Crippen LogP contribution in [0, 0.1) is 11.9 Å². The van der Waals surface area contributed by atoms with E-state index in [4.69, 9.17) is 5.73 Å². The van der Waals surface area contributed by atoms with Gasteiger partial charge in [0.2, 0.25) is 5.91 Å². The summed E-state index contributed by atoms with van der Waals surface area (Å²) >= 11 is 5.18. The molecule has 3 aromatic carbocycles. The average molecular weight is 478 g/mol. The lowest BCUT2D eigenvalue weighted by atomic mass is 10.0. The lowest BCUT2D eigenvalue weighted by molar-refractivity contribution is 0.100. The van der Waals surface area contributed by atoms with E-state index in [-0.39, 0.29) is 5.82 Å². The molecule has 5 rings (SSSR count). The number of carbonyl (C=O) groups excluding carboxylic acids is 1. The van der Waals surface area contributed by atoms with Gasteiger partial charge in [-0.25, -0.2) is 4.39 Å². The van der Waals surface area contributed by atoms with E-state index in [0.29, 0.717) is 12.1 Å². The van der Waals surface area contributed by atoms with Crippen molar-refractivity contribution < 1.29 is 9.18 Å². The predicted octanol–water partition coefficient (Wildman–Crippen LogP) is 6.37. The maximum atomic E-state index is 13.9. The molecule has 2 aromatic heterocycles. The average Bonchev–Trinajstić information content (AvgIpc) is 3.37. The predicted molar refractivity (Wildman–Crippen MR) is 123 cm³/mol. The molecule has 1 radical (unpaired) electrons. The maximum Gasteiger partial charge on any atom is 0.249 e. The van der Waals surface area contributed by atoms with Crippen molar-refractivity contribution in [2.24, 2.45) is 5.73 Å². The molecule has 1 amide bonds. The monoisotopic (exact) mass is 477 g/mol. The summed E-state index contributed by atoms with van der Waals surface area (Å²) in [7, 11) is 0. The van der Waals surface area contributed by atoms with Crippen molar-refractivity contribution in [1.82, 2.24) is 4.57 Å². The summed E-state index contributed by atoms with van der Waals surface area (Å²) in [6.45, 7) is 0.433. The van der Waals surface area contributed by atoms with Crippen LogP contribution in [0.3, 0.4) is 0 Å². The molecule has 6 heteroatoms. The van der Waals surface area contributed by atoms with E-state index in [2.05, 4.69) is 38.7 Å². The zero-order valence-electron chi connectivity index (χ0n) is 15.7. The van der Waals surface area contributed by atoms with Crippen molar-refractivity contribution in [2.75, 3.05) is 0 Å². The minimum Gasteiger partial charge on any atom is -0.366 e. The van der Waals surface area contributed by atoms with Gasteiger partial charge >= 0.3 is 0 Å². The Kier molecular flexibility index (Phi) is 4.68. The van der Waals surface area contributed by atoms with Gasteiger partial charge in [0.05, 0.1) is 11.0 Å². The highest BCUT2D eigenvalue weighted by atomic mass is 79.9. The molecule has 30 heavy (non-hydrogen) atoms. The number of rotatable bonds is 4. The van der Waals surface area contributed by atoms with E-state index in [9.17, 15) is 9.18 Å². The van der Waals surface area contributed by atoms with Crippen molar-refractivity contribution in [3.8, 4) is 10.4 Å². The van der Waals surface area contributed by atoms with E-state index in [1.54, 1.807) is 23.5 Å². The Labute approximate surface area is 184 Å². The summed E-state index contributed by atoms with van der Waals surface area (Å²) in [5.41, 5.74) is 9.74. The topological polar surface area (TPSA) is 48.0 Å². The number of hydrogen-bond acceptors (Lipinski definition) is 2. The van der Waals surface area contributed by atoms with Crippen LogP contribution in [0.5, 0.6) is 0 Å². The summed E-state index contributed by atoms with van der Waals surface area (Å²) < 4.78 is 16.8. The molecule has 0 atom stereocenters.